The van der Waals surface area contributed by atoms with Crippen LogP contribution in [-0.4, -0.2) is 11.0 Å². The molecular weight excluding hydrogens is 279 g/mol. The normalized spacial score (nSPS) is 13.4. The Hall–Kier alpha value is -1.09. The first-order valence-corrected chi connectivity index (χ1v) is 6.45. The number of rotatable bonds is 4. The van der Waals surface area contributed by atoms with Crippen LogP contribution < -0.4 is 5.73 Å². The van der Waals surface area contributed by atoms with E-state index in [1.807, 2.05) is 55.6 Å². The van der Waals surface area contributed by atoms with Gasteiger partial charge in [0.15, 0.2) is 0 Å². The predicted molar refractivity (Wildman–Crippen MR) is 83.0 cm³/mol. The summed E-state index contributed by atoms with van der Waals surface area (Å²) in [6.45, 7) is 2.02. The average Bonchev–Trinajstić information content (AvgIpc) is 2.38. The average molecular weight is 297 g/mol. The van der Waals surface area contributed by atoms with Crippen LogP contribution in [0, 0.1) is 0 Å². The van der Waals surface area contributed by atoms with Crippen LogP contribution in [0.1, 0.15) is 24.1 Å². The van der Waals surface area contributed by atoms with Gasteiger partial charge < -0.3 is 5.73 Å². The molecule has 102 valence electrons. The number of pyridine rings is 1. The highest BCUT2D eigenvalue weighted by Gasteiger charge is 2.17. The van der Waals surface area contributed by atoms with Gasteiger partial charge in [0, 0.05) is 28.9 Å². The molecule has 0 radical (unpaired) electrons. The zero-order chi connectivity index (χ0) is 13.0. The Labute approximate surface area is 125 Å². The van der Waals surface area contributed by atoms with E-state index in [4.69, 9.17) is 17.3 Å². The van der Waals surface area contributed by atoms with Crippen molar-refractivity contribution in [2.75, 3.05) is 0 Å². The Morgan fingerprint density at radius 2 is 1.84 bits per heavy atom. The van der Waals surface area contributed by atoms with Crippen molar-refractivity contribution in [2.24, 2.45) is 5.73 Å². The fraction of sp³-hybridized carbons (Fsp3) is 0.267. The lowest BCUT2D eigenvalue weighted by molar-refractivity contribution is 0.552. The monoisotopic (exact) mass is 296 g/mol. The minimum absolute atomic E-state index is 0. The first-order valence-electron chi connectivity index (χ1n) is 6.08. The molecule has 2 aromatic rings. The predicted octanol–water partition coefficient (Wildman–Crippen LogP) is 3.83. The molecule has 0 fully saturated rings. The third kappa shape index (κ3) is 4.50. The molecule has 1 heterocycles. The van der Waals surface area contributed by atoms with Crippen molar-refractivity contribution < 1.29 is 0 Å². The molecule has 2 atom stereocenters. The third-order valence-corrected chi connectivity index (χ3v) is 3.32. The fourth-order valence-electron chi connectivity index (χ4n) is 2.03. The highest BCUT2D eigenvalue weighted by Crippen LogP contribution is 2.22. The van der Waals surface area contributed by atoms with E-state index in [-0.39, 0.29) is 24.4 Å². The van der Waals surface area contributed by atoms with E-state index in [2.05, 4.69) is 4.98 Å². The van der Waals surface area contributed by atoms with E-state index in [0.29, 0.717) is 0 Å². The molecule has 2 nitrogen and oxygen atoms in total. The molecule has 2 unspecified atom stereocenters. The van der Waals surface area contributed by atoms with Crippen molar-refractivity contribution in [3.8, 4) is 0 Å². The highest BCUT2D eigenvalue weighted by atomic mass is 35.5. The second-order valence-corrected chi connectivity index (χ2v) is 4.99. The summed E-state index contributed by atoms with van der Waals surface area (Å²) in [6, 6.07) is 13.9. The molecule has 0 bridgehead atoms. The molecule has 0 aliphatic carbocycles. The van der Waals surface area contributed by atoms with Gasteiger partial charge in [-0.1, -0.05) is 29.8 Å². The summed E-state index contributed by atoms with van der Waals surface area (Å²) < 4.78 is 0. The molecule has 0 aliphatic rings. The minimum atomic E-state index is 0. The van der Waals surface area contributed by atoms with Crippen LogP contribution in [0.4, 0.5) is 0 Å². The fourth-order valence-corrected chi connectivity index (χ4v) is 2.16. The Morgan fingerprint density at radius 1 is 1.16 bits per heavy atom. The second kappa shape index (κ2) is 7.49. The molecule has 0 amide bonds. The van der Waals surface area contributed by atoms with Gasteiger partial charge in [-0.3, -0.25) is 4.98 Å². The van der Waals surface area contributed by atoms with Crippen molar-refractivity contribution in [3.05, 3.63) is 64.9 Å². The number of hydrogen-bond donors (Lipinski definition) is 1. The van der Waals surface area contributed by atoms with Crippen LogP contribution in [0.2, 0.25) is 5.02 Å². The first kappa shape index (κ1) is 16.0. The summed E-state index contributed by atoms with van der Waals surface area (Å²) in [4.78, 5) is 4.41. The molecule has 0 saturated carbocycles. The van der Waals surface area contributed by atoms with Gasteiger partial charge in [0.05, 0.1) is 0 Å². The molecule has 19 heavy (non-hydrogen) atoms. The Morgan fingerprint density at radius 3 is 2.37 bits per heavy atom. The number of nitrogens with zero attached hydrogens (tertiary/aromatic N) is 1. The smallest absolute Gasteiger partial charge is 0.0453 e. The van der Waals surface area contributed by atoms with Crippen molar-refractivity contribution in [2.45, 2.75) is 25.3 Å². The van der Waals surface area contributed by atoms with Gasteiger partial charge in [-0.25, -0.2) is 0 Å². The highest BCUT2D eigenvalue weighted by molar-refractivity contribution is 6.30. The number of halogens is 2. The standard InChI is InChI=1S/C15H17ClN2.ClH/c1-11(17)14(15-4-2-3-9-18-15)10-12-5-7-13(16)8-6-12;/h2-9,11,14H,10,17H2,1H3;1H. The molecule has 4 heteroatoms. The van der Waals surface area contributed by atoms with Crippen LogP contribution in [0.5, 0.6) is 0 Å². The topological polar surface area (TPSA) is 38.9 Å². The SMILES string of the molecule is CC(N)C(Cc1ccc(Cl)cc1)c1ccccn1.Cl. The summed E-state index contributed by atoms with van der Waals surface area (Å²) in [6.07, 6.45) is 2.69. The zero-order valence-electron chi connectivity index (χ0n) is 10.8. The molecule has 0 spiro atoms. The lowest BCUT2D eigenvalue weighted by Gasteiger charge is -2.20. The van der Waals surface area contributed by atoms with E-state index in [0.717, 1.165) is 17.1 Å². The number of hydrogen-bond acceptors (Lipinski definition) is 2. The van der Waals surface area contributed by atoms with Gasteiger partial charge in [0.2, 0.25) is 0 Å². The number of benzene rings is 1. The molecule has 1 aromatic carbocycles. The summed E-state index contributed by atoms with van der Waals surface area (Å²) in [5.74, 6) is 0.229. The van der Waals surface area contributed by atoms with Crippen molar-refractivity contribution in [3.63, 3.8) is 0 Å². The Kier molecular flexibility index (Phi) is 6.29. The summed E-state index contributed by atoms with van der Waals surface area (Å²) >= 11 is 5.89. The van der Waals surface area contributed by atoms with Crippen LogP contribution in [0.25, 0.3) is 0 Å². The Balaban J connectivity index is 0.00000180. The maximum absolute atomic E-state index is 6.08. The largest absolute Gasteiger partial charge is 0.327 e. The summed E-state index contributed by atoms with van der Waals surface area (Å²) in [7, 11) is 0. The van der Waals surface area contributed by atoms with Crippen LogP contribution >= 0.6 is 24.0 Å². The quantitative estimate of drug-likeness (QED) is 0.931. The van der Waals surface area contributed by atoms with E-state index in [1.54, 1.807) is 0 Å². The van der Waals surface area contributed by atoms with Gasteiger partial charge in [0.1, 0.15) is 0 Å². The van der Waals surface area contributed by atoms with Gasteiger partial charge in [0.25, 0.3) is 0 Å². The van der Waals surface area contributed by atoms with Gasteiger partial charge in [-0.15, -0.1) is 12.4 Å². The van der Waals surface area contributed by atoms with E-state index >= 15 is 0 Å². The maximum Gasteiger partial charge on any atom is 0.0453 e. The molecule has 2 rings (SSSR count). The molecule has 1 aromatic heterocycles. The summed E-state index contributed by atoms with van der Waals surface area (Å²) in [5.41, 5.74) is 8.35. The third-order valence-electron chi connectivity index (χ3n) is 3.07. The van der Waals surface area contributed by atoms with E-state index < -0.39 is 0 Å². The maximum atomic E-state index is 6.08. The summed E-state index contributed by atoms with van der Waals surface area (Å²) in [5, 5.41) is 0.758. The van der Waals surface area contributed by atoms with Gasteiger partial charge in [-0.05, 0) is 43.2 Å². The van der Waals surface area contributed by atoms with Crippen molar-refractivity contribution in [1.29, 1.82) is 0 Å². The van der Waals surface area contributed by atoms with Crippen LogP contribution in [0.15, 0.2) is 48.7 Å². The first-order chi connectivity index (χ1) is 8.66. The van der Waals surface area contributed by atoms with E-state index in [9.17, 15) is 0 Å². The molecule has 0 aliphatic heterocycles. The zero-order valence-corrected chi connectivity index (χ0v) is 12.4. The van der Waals surface area contributed by atoms with E-state index in [1.165, 1.54) is 5.56 Å². The lowest BCUT2D eigenvalue weighted by Crippen LogP contribution is -2.27. The van der Waals surface area contributed by atoms with Crippen molar-refractivity contribution >= 4 is 24.0 Å². The van der Waals surface area contributed by atoms with Gasteiger partial charge >= 0.3 is 0 Å². The lowest BCUT2D eigenvalue weighted by atomic mass is 9.90. The Bertz CT molecular complexity index is 483. The molecule has 2 N–H and O–H groups in total. The van der Waals surface area contributed by atoms with Crippen molar-refractivity contribution in [1.82, 2.24) is 4.98 Å². The number of nitrogens with two attached hydrogens (primary N) is 1. The minimum Gasteiger partial charge on any atom is -0.327 e. The van der Waals surface area contributed by atoms with Crippen LogP contribution in [0.3, 0.4) is 0 Å². The van der Waals surface area contributed by atoms with Crippen LogP contribution in [-0.2, 0) is 6.42 Å². The second-order valence-electron chi connectivity index (χ2n) is 4.55. The molecular formula is C15H18Cl2N2. The number of aromatic nitrogens is 1. The van der Waals surface area contributed by atoms with Gasteiger partial charge in [-0.2, -0.15) is 0 Å². The molecule has 0 saturated heterocycles.